The summed E-state index contributed by atoms with van der Waals surface area (Å²) in [4.78, 5) is 0. The molecule has 0 N–H and O–H groups in total. The summed E-state index contributed by atoms with van der Waals surface area (Å²) in [7, 11) is 0. The van der Waals surface area contributed by atoms with Crippen molar-refractivity contribution in [3.8, 4) is 0 Å². The molecule has 0 radical (unpaired) electrons. The first-order chi connectivity index (χ1) is 7.19. The largest absolute Gasteiger partial charge is 0.247 e. The molecule has 0 bridgehead atoms. The summed E-state index contributed by atoms with van der Waals surface area (Å²) >= 11 is 5.81. The number of alkyl halides is 1. The van der Waals surface area contributed by atoms with Crippen LogP contribution in [0.25, 0.3) is 0 Å². The maximum atomic E-state index is 13.7. The van der Waals surface area contributed by atoms with Gasteiger partial charge < -0.3 is 0 Å². The highest BCUT2D eigenvalue weighted by molar-refractivity contribution is 6.30. The van der Waals surface area contributed by atoms with E-state index in [4.69, 9.17) is 11.6 Å². The van der Waals surface area contributed by atoms with E-state index in [1.165, 1.54) is 0 Å². The van der Waals surface area contributed by atoms with Gasteiger partial charge in [-0.2, -0.15) is 0 Å². The van der Waals surface area contributed by atoms with Gasteiger partial charge in [0.15, 0.2) is 0 Å². The van der Waals surface area contributed by atoms with Crippen LogP contribution < -0.4 is 0 Å². The molecule has 0 saturated carbocycles. The normalized spacial score (nSPS) is 14.9. The van der Waals surface area contributed by atoms with Crippen molar-refractivity contribution < 1.29 is 4.39 Å². The average Bonchev–Trinajstić information content (AvgIpc) is 2.26. The molecule has 84 valence electrons. The predicted molar refractivity (Wildman–Crippen MR) is 64.3 cm³/mol. The fourth-order valence-corrected chi connectivity index (χ4v) is 1.99. The topological polar surface area (TPSA) is 0 Å². The van der Waals surface area contributed by atoms with Gasteiger partial charge in [0.1, 0.15) is 6.17 Å². The van der Waals surface area contributed by atoms with Crippen molar-refractivity contribution in [3.63, 3.8) is 0 Å². The molecule has 0 aliphatic carbocycles. The summed E-state index contributed by atoms with van der Waals surface area (Å²) in [5, 5.41) is 0.709. The molecule has 15 heavy (non-hydrogen) atoms. The fraction of sp³-hybridized carbons (Fsp3) is 0.538. The Hall–Kier alpha value is -0.560. The van der Waals surface area contributed by atoms with Gasteiger partial charge in [0.05, 0.1) is 0 Å². The Morgan fingerprint density at radius 1 is 1.20 bits per heavy atom. The van der Waals surface area contributed by atoms with Crippen molar-refractivity contribution >= 4 is 11.6 Å². The average molecular weight is 229 g/mol. The van der Waals surface area contributed by atoms with E-state index in [1.54, 1.807) is 0 Å². The summed E-state index contributed by atoms with van der Waals surface area (Å²) in [6.07, 6.45) is 1.74. The number of hydrogen-bond acceptors (Lipinski definition) is 0. The molecular formula is C13H18ClF. The molecule has 2 atom stereocenters. The maximum absolute atomic E-state index is 13.7. The van der Waals surface area contributed by atoms with Crippen LogP contribution in [0, 0.1) is 0 Å². The molecule has 2 heteroatoms. The van der Waals surface area contributed by atoms with Gasteiger partial charge in [-0.3, -0.25) is 0 Å². The molecule has 0 saturated heterocycles. The van der Waals surface area contributed by atoms with E-state index < -0.39 is 6.17 Å². The van der Waals surface area contributed by atoms with E-state index in [0.717, 1.165) is 18.4 Å². The van der Waals surface area contributed by atoms with Crippen LogP contribution in [0.1, 0.15) is 44.6 Å². The van der Waals surface area contributed by atoms with Gasteiger partial charge in [-0.05, 0) is 30.5 Å². The smallest absolute Gasteiger partial charge is 0.107 e. The second kappa shape index (κ2) is 6.12. The summed E-state index contributed by atoms with van der Waals surface area (Å²) in [5.41, 5.74) is 1.07. The lowest BCUT2D eigenvalue weighted by Gasteiger charge is -2.20. The first-order valence-corrected chi connectivity index (χ1v) is 5.96. The maximum Gasteiger partial charge on any atom is 0.107 e. The van der Waals surface area contributed by atoms with E-state index in [1.807, 2.05) is 31.2 Å². The lowest BCUT2D eigenvalue weighted by molar-refractivity contribution is 0.262. The molecule has 1 aromatic rings. The minimum atomic E-state index is -0.744. The van der Waals surface area contributed by atoms with E-state index >= 15 is 0 Å². The minimum Gasteiger partial charge on any atom is -0.247 e. The Bertz CT molecular complexity index is 281. The van der Waals surface area contributed by atoms with Crippen molar-refractivity contribution in [1.82, 2.24) is 0 Å². The molecule has 0 spiro atoms. The second-order valence-electron chi connectivity index (χ2n) is 3.87. The highest BCUT2D eigenvalue weighted by Crippen LogP contribution is 2.29. The molecule has 2 unspecified atom stereocenters. The first-order valence-electron chi connectivity index (χ1n) is 5.58. The van der Waals surface area contributed by atoms with Crippen LogP contribution >= 0.6 is 11.6 Å². The van der Waals surface area contributed by atoms with Crippen molar-refractivity contribution in [3.05, 3.63) is 34.9 Å². The number of hydrogen-bond donors (Lipinski definition) is 0. The van der Waals surface area contributed by atoms with Gasteiger partial charge in [0, 0.05) is 10.9 Å². The molecule has 0 nitrogen and oxygen atoms in total. The van der Waals surface area contributed by atoms with Gasteiger partial charge in [0.25, 0.3) is 0 Å². The highest BCUT2D eigenvalue weighted by Gasteiger charge is 2.20. The first kappa shape index (κ1) is 12.5. The molecule has 0 aliphatic heterocycles. The molecule has 1 aromatic carbocycles. The zero-order valence-electron chi connectivity index (χ0n) is 9.34. The third kappa shape index (κ3) is 3.49. The summed E-state index contributed by atoms with van der Waals surface area (Å²) in [6, 6.07) is 7.54. The predicted octanol–water partition coefficient (Wildman–Crippen LogP) is 4.97. The summed E-state index contributed by atoms with van der Waals surface area (Å²) in [6.45, 7) is 3.98. The van der Waals surface area contributed by atoms with Crippen LogP contribution in [0.3, 0.4) is 0 Å². The Morgan fingerprint density at radius 3 is 2.27 bits per heavy atom. The Morgan fingerprint density at radius 2 is 1.80 bits per heavy atom. The Balaban J connectivity index is 2.83. The number of benzene rings is 1. The molecule has 0 fully saturated rings. The van der Waals surface area contributed by atoms with Crippen molar-refractivity contribution in [2.24, 2.45) is 0 Å². The molecule has 1 rings (SSSR count). The van der Waals surface area contributed by atoms with Gasteiger partial charge in [-0.15, -0.1) is 0 Å². The standard InChI is InChI=1S/C13H18ClF/c1-3-5-12(13(15)4-2)10-6-8-11(14)9-7-10/h6-9,12-13H,3-5H2,1-2H3. The SMILES string of the molecule is CCCC(c1ccc(Cl)cc1)C(F)CC. The molecule has 0 aromatic heterocycles. The minimum absolute atomic E-state index is 0.0252. The van der Waals surface area contributed by atoms with Crippen LogP contribution in [0.15, 0.2) is 24.3 Å². The lowest BCUT2D eigenvalue weighted by Crippen LogP contribution is -2.12. The van der Waals surface area contributed by atoms with E-state index in [-0.39, 0.29) is 5.92 Å². The van der Waals surface area contributed by atoms with Crippen LogP contribution in [0.5, 0.6) is 0 Å². The van der Waals surface area contributed by atoms with E-state index in [0.29, 0.717) is 11.4 Å². The van der Waals surface area contributed by atoms with Crippen molar-refractivity contribution in [2.45, 2.75) is 45.2 Å². The van der Waals surface area contributed by atoms with E-state index in [2.05, 4.69) is 6.92 Å². The van der Waals surface area contributed by atoms with Crippen LogP contribution in [-0.4, -0.2) is 6.17 Å². The molecule has 0 amide bonds. The van der Waals surface area contributed by atoms with Crippen LogP contribution in [0.4, 0.5) is 4.39 Å². The van der Waals surface area contributed by atoms with Gasteiger partial charge >= 0.3 is 0 Å². The van der Waals surface area contributed by atoms with Crippen LogP contribution in [0.2, 0.25) is 5.02 Å². The highest BCUT2D eigenvalue weighted by atomic mass is 35.5. The number of halogens is 2. The molecule has 0 aliphatic rings. The Labute approximate surface area is 96.5 Å². The van der Waals surface area contributed by atoms with Gasteiger partial charge in [-0.25, -0.2) is 4.39 Å². The van der Waals surface area contributed by atoms with Gasteiger partial charge in [0.2, 0.25) is 0 Å². The summed E-state index contributed by atoms with van der Waals surface area (Å²) in [5.74, 6) is 0.0252. The molecular weight excluding hydrogens is 211 g/mol. The number of rotatable bonds is 5. The monoisotopic (exact) mass is 228 g/mol. The fourth-order valence-electron chi connectivity index (χ4n) is 1.86. The van der Waals surface area contributed by atoms with E-state index in [9.17, 15) is 4.39 Å². The lowest BCUT2D eigenvalue weighted by atomic mass is 9.89. The molecule has 0 heterocycles. The zero-order valence-corrected chi connectivity index (χ0v) is 10.1. The van der Waals surface area contributed by atoms with Crippen LogP contribution in [-0.2, 0) is 0 Å². The zero-order chi connectivity index (χ0) is 11.3. The van der Waals surface area contributed by atoms with Crippen molar-refractivity contribution in [2.75, 3.05) is 0 Å². The third-order valence-electron chi connectivity index (χ3n) is 2.72. The van der Waals surface area contributed by atoms with Crippen molar-refractivity contribution in [1.29, 1.82) is 0 Å². The Kier molecular flexibility index (Phi) is 5.10. The second-order valence-corrected chi connectivity index (χ2v) is 4.31. The third-order valence-corrected chi connectivity index (χ3v) is 2.98. The summed E-state index contributed by atoms with van der Waals surface area (Å²) < 4.78 is 13.7. The quantitative estimate of drug-likeness (QED) is 0.667. The van der Waals surface area contributed by atoms with Gasteiger partial charge in [-0.1, -0.05) is 44.0 Å².